The standard InChI is InChI=1S/C13H22O2/c1-6-9-13(5,15-12(4)14)10-7-8-11(2)3/h6,8H,1,7,9-10H2,2-5H3. The number of rotatable bonds is 6. The summed E-state index contributed by atoms with van der Waals surface area (Å²) in [7, 11) is 0. The molecule has 0 rings (SSSR count). The Hall–Kier alpha value is -1.05. The van der Waals surface area contributed by atoms with Gasteiger partial charge in [0, 0.05) is 13.3 Å². The summed E-state index contributed by atoms with van der Waals surface area (Å²) in [6.07, 6.45) is 6.42. The molecule has 2 heteroatoms. The van der Waals surface area contributed by atoms with Gasteiger partial charge in [-0.05, 0) is 33.6 Å². The van der Waals surface area contributed by atoms with E-state index in [1.54, 1.807) is 6.08 Å². The zero-order chi connectivity index (χ0) is 11.9. The minimum Gasteiger partial charge on any atom is -0.459 e. The van der Waals surface area contributed by atoms with Crippen LogP contribution in [0.5, 0.6) is 0 Å². The van der Waals surface area contributed by atoms with Crippen LogP contribution in [0.2, 0.25) is 0 Å². The van der Waals surface area contributed by atoms with E-state index in [0.29, 0.717) is 6.42 Å². The molecule has 0 saturated carbocycles. The first-order valence-electron chi connectivity index (χ1n) is 5.33. The molecule has 0 bridgehead atoms. The highest BCUT2D eigenvalue weighted by Gasteiger charge is 2.24. The van der Waals surface area contributed by atoms with Gasteiger partial charge in [0.15, 0.2) is 0 Å². The molecule has 0 spiro atoms. The van der Waals surface area contributed by atoms with Crippen LogP contribution in [0.15, 0.2) is 24.3 Å². The average molecular weight is 210 g/mol. The van der Waals surface area contributed by atoms with Crippen LogP contribution in [-0.2, 0) is 9.53 Å². The predicted octanol–water partition coefficient (Wildman–Crippen LogP) is 3.63. The summed E-state index contributed by atoms with van der Waals surface area (Å²) in [5, 5.41) is 0. The second-order valence-corrected chi connectivity index (χ2v) is 4.36. The molecular formula is C13H22O2. The van der Waals surface area contributed by atoms with E-state index in [1.165, 1.54) is 12.5 Å². The van der Waals surface area contributed by atoms with Crippen LogP contribution in [0.3, 0.4) is 0 Å². The number of esters is 1. The quantitative estimate of drug-likeness (QED) is 0.494. The molecule has 1 unspecified atom stereocenters. The van der Waals surface area contributed by atoms with Gasteiger partial charge in [-0.2, -0.15) is 0 Å². The Morgan fingerprint density at radius 1 is 1.40 bits per heavy atom. The van der Waals surface area contributed by atoms with Crippen molar-refractivity contribution in [1.29, 1.82) is 0 Å². The number of hydrogen-bond acceptors (Lipinski definition) is 2. The van der Waals surface area contributed by atoms with E-state index in [9.17, 15) is 4.79 Å². The second-order valence-electron chi connectivity index (χ2n) is 4.36. The molecule has 0 saturated heterocycles. The molecule has 0 aromatic carbocycles. The topological polar surface area (TPSA) is 26.3 Å². The zero-order valence-corrected chi connectivity index (χ0v) is 10.3. The van der Waals surface area contributed by atoms with Gasteiger partial charge < -0.3 is 4.74 Å². The molecular weight excluding hydrogens is 188 g/mol. The van der Waals surface area contributed by atoms with Crippen molar-refractivity contribution in [3.8, 4) is 0 Å². The lowest BCUT2D eigenvalue weighted by atomic mass is 9.95. The van der Waals surface area contributed by atoms with E-state index in [0.717, 1.165) is 12.8 Å². The highest BCUT2D eigenvalue weighted by molar-refractivity contribution is 5.66. The van der Waals surface area contributed by atoms with Gasteiger partial charge in [-0.1, -0.05) is 17.7 Å². The van der Waals surface area contributed by atoms with Crippen molar-refractivity contribution in [1.82, 2.24) is 0 Å². The van der Waals surface area contributed by atoms with Crippen molar-refractivity contribution in [3.63, 3.8) is 0 Å². The summed E-state index contributed by atoms with van der Waals surface area (Å²) in [4.78, 5) is 11.0. The van der Waals surface area contributed by atoms with Crippen LogP contribution in [0.1, 0.15) is 47.0 Å². The SMILES string of the molecule is C=CCC(C)(CCC=C(C)C)OC(C)=O. The van der Waals surface area contributed by atoms with Gasteiger partial charge in [0.2, 0.25) is 0 Å². The number of carbonyl (C=O) groups is 1. The Balaban J connectivity index is 4.30. The van der Waals surface area contributed by atoms with E-state index < -0.39 is 5.60 Å². The third kappa shape index (κ3) is 6.95. The summed E-state index contributed by atoms with van der Waals surface area (Å²) in [5.41, 5.74) is 0.887. The molecule has 0 fully saturated rings. The van der Waals surface area contributed by atoms with E-state index in [2.05, 4.69) is 26.5 Å². The Morgan fingerprint density at radius 3 is 2.40 bits per heavy atom. The van der Waals surface area contributed by atoms with Crippen LogP contribution in [-0.4, -0.2) is 11.6 Å². The molecule has 0 N–H and O–H groups in total. The molecule has 2 nitrogen and oxygen atoms in total. The molecule has 0 aliphatic heterocycles. The Labute approximate surface area is 93.0 Å². The first-order chi connectivity index (χ1) is 6.89. The number of allylic oxidation sites excluding steroid dienone is 2. The van der Waals surface area contributed by atoms with Crippen LogP contribution in [0.25, 0.3) is 0 Å². The molecule has 0 aliphatic rings. The summed E-state index contributed by atoms with van der Waals surface area (Å²) < 4.78 is 5.32. The third-order valence-electron chi connectivity index (χ3n) is 2.19. The maximum Gasteiger partial charge on any atom is 0.303 e. The summed E-state index contributed by atoms with van der Waals surface area (Å²) >= 11 is 0. The van der Waals surface area contributed by atoms with Gasteiger partial charge in [-0.15, -0.1) is 6.58 Å². The van der Waals surface area contributed by atoms with Crippen LogP contribution < -0.4 is 0 Å². The van der Waals surface area contributed by atoms with E-state index in [-0.39, 0.29) is 5.97 Å². The van der Waals surface area contributed by atoms with Crippen molar-refractivity contribution >= 4 is 5.97 Å². The lowest BCUT2D eigenvalue weighted by Crippen LogP contribution is -2.30. The minimum atomic E-state index is -0.403. The first-order valence-corrected chi connectivity index (χ1v) is 5.33. The van der Waals surface area contributed by atoms with Crippen LogP contribution >= 0.6 is 0 Å². The van der Waals surface area contributed by atoms with Crippen molar-refractivity contribution in [2.24, 2.45) is 0 Å². The molecule has 0 aromatic rings. The monoisotopic (exact) mass is 210 g/mol. The van der Waals surface area contributed by atoms with Crippen molar-refractivity contribution in [3.05, 3.63) is 24.3 Å². The fraction of sp³-hybridized carbons (Fsp3) is 0.615. The van der Waals surface area contributed by atoms with E-state index in [1.807, 2.05) is 6.92 Å². The largest absolute Gasteiger partial charge is 0.459 e. The number of ether oxygens (including phenoxy) is 1. The van der Waals surface area contributed by atoms with Crippen molar-refractivity contribution in [2.75, 3.05) is 0 Å². The second kappa shape index (κ2) is 6.44. The van der Waals surface area contributed by atoms with Gasteiger partial charge in [0.1, 0.15) is 5.60 Å². The van der Waals surface area contributed by atoms with Gasteiger partial charge in [-0.25, -0.2) is 0 Å². The highest BCUT2D eigenvalue weighted by atomic mass is 16.6. The Bertz CT molecular complexity index is 249. The molecule has 1 atom stereocenters. The maximum absolute atomic E-state index is 11.0. The molecule has 0 amide bonds. The normalized spacial score (nSPS) is 13.9. The average Bonchev–Trinajstić information content (AvgIpc) is 2.01. The minimum absolute atomic E-state index is 0.225. The smallest absolute Gasteiger partial charge is 0.303 e. The first kappa shape index (κ1) is 13.9. The molecule has 15 heavy (non-hydrogen) atoms. The fourth-order valence-corrected chi connectivity index (χ4v) is 1.51. The van der Waals surface area contributed by atoms with Crippen LogP contribution in [0.4, 0.5) is 0 Å². The molecule has 0 heterocycles. The molecule has 0 aromatic heterocycles. The maximum atomic E-state index is 11.0. The number of hydrogen-bond donors (Lipinski definition) is 0. The highest BCUT2D eigenvalue weighted by Crippen LogP contribution is 2.23. The fourth-order valence-electron chi connectivity index (χ4n) is 1.51. The lowest BCUT2D eigenvalue weighted by Gasteiger charge is -2.27. The van der Waals surface area contributed by atoms with Gasteiger partial charge in [0.05, 0.1) is 0 Å². The summed E-state index contributed by atoms with van der Waals surface area (Å²) in [6, 6.07) is 0. The summed E-state index contributed by atoms with van der Waals surface area (Å²) in [6.45, 7) is 11.2. The Kier molecular flexibility index (Phi) is 5.99. The van der Waals surface area contributed by atoms with Crippen molar-refractivity contribution in [2.45, 2.75) is 52.6 Å². The Morgan fingerprint density at radius 2 is 2.00 bits per heavy atom. The van der Waals surface area contributed by atoms with Gasteiger partial charge in [-0.3, -0.25) is 4.79 Å². The number of carbonyl (C=O) groups excluding carboxylic acids is 1. The van der Waals surface area contributed by atoms with Crippen molar-refractivity contribution < 1.29 is 9.53 Å². The summed E-state index contributed by atoms with van der Waals surface area (Å²) in [5.74, 6) is -0.225. The van der Waals surface area contributed by atoms with E-state index >= 15 is 0 Å². The zero-order valence-electron chi connectivity index (χ0n) is 10.3. The predicted molar refractivity (Wildman–Crippen MR) is 63.7 cm³/mol. The lowest BCUT2D eigenvalue weighted by molar-refractivity contribution is -0.155. The molecule has 86 valence electrons. The third-order valence-corrected chi connectivity index (χ3v) is 2.19. The van der Waals surface area contributed by atoms with Crippen LogP contribution in [0, 0.1) is 0 Å². The van der Waals surface area contributed by atoms with Gasteiger partial charge in [0.25, 0.3) is 0 Å². The van der Waals surface area contributed by atoms with Gasteiger partial charge >= 0.3 is 5.97 Å². The molecule has 0 radical (unpaired) electrons. The molecule has 0 aliphatic carbocycles. The van der Waals surface area contributed by atoms with E-state index in [4.69, 9.17) is 4.74 Å².